The van der Waals surface area contributed by atoms with Gasteiger partial charge in [-0.3, -0.25) is 4.84 Å². The molecule has 1 heterocycles. The van der Waals surface area contributed by atoms with Crippen molar-refractivity contribution in [1.82, 2.24) is 5.06 Å². The first kappa shape index (κ1) is 22.8. The maximum absolute atomic E-state index is 5.92. The van der Waals surface area contributed by atoms with Gasteiger partial charge in [0.2, 0.25) is 11.9 Å². The van der Waals surface area contributed by atoms with E-state index in [9.17, 15) is 0 Å². The lowest BCUT2D eigenvalue weighted by Gasteiger charge is -2.36. The summed E-state index contributed by atoms with van der Waals surface area (Å²) in [6.45, 7) is 8.31. The van der Waals surface area contributed by atoms with Crippen molar-refractivity contribution >= 4 is 28.9 Å². The Morgan fingerprint density at radius 3 is 2.63 bits per heavy atom. The second kappa shape index (κ2) is 10.2. The number of allylic oxidation sites excluding steroid dienone is 1. The first-order valence-electron chi connectivity index (χ1n) is 8.41. The highest BCUT2D eigenvalue weighted by atomic mass is 79.9. The van der Waals surface area contributed by atoms with E-state index in [1.165, 1.54) is 5.06 Å². The molecule has 150 valence electrons. The van der Waals surface area contributed by atoms with Crippen molar-refractivity contribution < 1.29 is 14.3 Å². The van der Waals surface area contributed by atoms with Crippen molar-refractivity contribution in [2.75, 3.05) is 20.3 Å². The molecule has 1 aromatic rings. The Labute approximate surface area is 170 Å². The van der Waals surface area contributed by atoms with Crippen LogP contribution in [0.5, 0.6) is 11.5 Å². The monoisotopic (exact) mass is 441 g/mol. The van der Waals surface area contributed by atoms with Gasteiger partial charge in [0.25, 0.3) is 0 Å². The molecule has 0 aliphatic carbocycles. The van der Waals surface area contributed by atoms with E-state index in [4.69, 9.17) is 25.8 Å². The third-order valence-corrected chi connectivity index (χ3v) is 3.72. The molecule has 4 N–H and O–H groups in total. The molecule has 1 aliphatic heterocycles. The molecule has 0 spiro atoms. The topological polar surface area (TPSA) is 108 Å². The van der Waals surface area contributed by atoms with Gasteiger partial charge in [-0.1, -0.05) is 18.2 Å². The normalized spacial score (nSPS) is 15.3. The third-order valence-electron chi connectivity index (χ3n) is 3.72. The van der Waals surface area contributed by atoms with Crippen LogP contribution < -0.4 is 20.9 Å². The molecular formula is C18H28BrN5O3. The molecule has 0 radical (unpaired) electrons. The Balaban J connectivity index is 0.00000364. The Morgan fingerprint density at radius 1 is 1.26 bits per heavy atom. The Morgan fingerprint density at radius 2 is 2.00 bits per heavy atom. The highest BCUT2D eigenvalue weighted by Crippen LogP contribution is 2.31. The lowest BCUT2D eigenvalue weighted by atomic mass is 10.1. The molecule has 1 aliphatic rings. The van der Waals surface area contributed by atoms with Crippen LogP contribution in [-0.2, 0) is 11.3 Å². The molecule has 0 fully saturated rings. The Hall–Kier alpha value is -2.26. The van der Waals surface area contributed by atoms with E-state index >= 15 is 0 Å². The SMILES string of the molecule is Br.C=CCc1cccc(OC)c1OCCCON1C(N)=NC(N)=NC1(C)C. The number of guanidine groups is 2. The van der Waals surface area contributed by atoms with Gasteiger partial charge in [0.05, 0.1) is 20.3 Å². The quantitative estimate of drug-likeness (QED) is 0.449. The predicted octanol–water partition coefficient (Wildman–Crippen LogP) is 2.38. The first-order valence-corrected chi connectivity index (χ1v) is 8.41. The maximum atomic E-state index is 5.92. The lowest BCUT2D eigenvalue weighted by molar-refractivity contribution is -0.158. The van der Waals surface area contributed by atoms with E-state index in [-0.39, 0.29) is 28.9 Å². The minimum Gasteiger partial charge on any atom is -0.493 e. The van der Waals surface area contributed by atoms with Crippen LogP contribution in [0.1, 0.15) is 25.8 Å². The van der Waals surface area contributed by atoms with Crippen molar-refractivity contribution in [3.05, 3.63) is 36.4 Å². The van der Waals surface area contributed by atoms with Crippen molar-refractivity contribution in [2.45, 2.75) is 32.4 Å². The molecule has 0 atom stereocenters. The minimum atomic E-state index is -0.712. The molecule has 2 rings (SSSR count). The van der Waals surface area contributed by atoms with Gasteiger partial charge in [0, 0.05) is 12.0 Å². The van der Waals surface area contributed by atoms with Crippen molar-refractivity contribution in [1.29, 1.82) is 0 Å². The van der Waals surface area contributed by atoms with Crippen molar-refractivity contribution in [3.8, 4) is 11.5 Å². The molecule has 9 heteroatoms. The molecular weight excluding hydrogens is 414 g/mol. The molecule has 8 nitrogen and oxygen atoms in total. The van der Waals surface area contributed by atoms with Crippen LogP contribution >= 0.6 is 17.0 Å². The zero-order chi connectivity index (χ0) is 19.2. The number of para-hydroxylation sites is 1. The van der Waals surface area contributed by atoms with Crippen LogP contribution in [0.3, 0.4) is 0 Å². The average Bonchev–Trinajstić information content (AvgIpc) is 2.57. The number of benzene rings is 1. The standard InChI is InChI=1S/C18H27N5O3.BrH/c1-5-8-13-9-6-10-14(24-4)15(13)25-11-7-12-26-23-17(20)21-16(19)22-18(23,2)3;/h5-6,9-10H,1,7-8,11-12H2,2-4H3,(H4,19,20,21,22);1H. The zero-order valence-electron chi connectivity index (χ0n) is 16.0. The fourth-order valence-corrected chi connectivity index (χ4v) is 2.61. The van der Waals surface area contributed by atoms with E-state index < -0.39 is 5.66 Å². The molecule has 0 unspecified atom stereocenters. The van der Waals surface area contributed by atoms with E-state index in [0.29, 0.717) is 31.8 Å². The summed E-state index contributed by atoms with van der Waals surface area (Å²) in [5, 5.41) is 1.45. The second-order valence-electron chi connectivity index (χ2n) is 6.21. The number of hydroxylamine groups is 2. The molecule has 0 saturated heterocycles. The van der Waals surface area contributed by atoms with Gasteiger partial charge in [0.1, 0.15) is 0 Å². The number of nitrogens with two attached hydrogens (primary N) is 2. The average molecular weight is 442 g/mol. The van der Waals surface area contributed by atoms with Gasteiger partial charge in [-0.05, 0) is 26.3 Å². The van der Waals surface area contributed by atoms with Gasteiger partial charge in [-0.15, -0.1) is 23.6 Å². The van der Waals surface area contributed by atoms with Crippen LogP contribution in [0.4, 0.5) is 0 Å². The highest BCUT2D eigenvalue weighted by Gasteiger charge is 2.32. The number of halogens is 1. The van der Waals surface area contributed by atoms with E-state index in [1.54, 1.807) is 7.11 Å². The Bertz CT molecular complexity index is 706. The van der Waals surface area contributed by atoms with Crippen LogP contribution in [0, 0.1) is 0 Å². The number of hydrogen-bond donors (Lipinski definition) is 2. The molecule has 0 aromatic heterocycles. The van der Waals surface area contributed by atoms with Crippen LogP contribution in [-0.4, -0.2) is 43.0 Å². The fraction of sp³-hybridized carbons (Fsp3) is 0.444. The number of nitrogens with zero attached hydrogens (tertiary/aromatic N) is 3. The summed E-state index contributed by atoms with van der Waals surface area (Å²) in [5.41, 5.74) is 11.8. The first-order chi connectivity index (χ1) is 12.4. The summed E-state index contributed by atoms with van der Waals surface area (Å²) >= 11 is 0. The number of aliphatic imine (C=N–C) groups is 2. The van der Waals surface area contributed by atoms with E-state index in [2.05, 4.69) is 16.6 Å². The summed E-state index contributed by atoms with van der Waals surface area (Å²) in [4.78, 5) is 13.9. The van der Waals surface area contributed by atoms with Crippen LogP contribution in [0.25, 0.3) is 0 Å². The van der Waals surface area contributed by atoms with Gasteiger partial charge < -0.3 is 20.9 Å². The summed E-state index contributed by atoms with van der Waals surface area (Å²) < 4.78 is 11.3. The predicted molar refractivity (Wildman–Crippen MR) is 112 cm³/mol. The van der Waals surface area contributed by atoms with Gasteiger partial charge in [0.15, 0.2) is 17.2 Å². The molecule has 1 aromatic carbocycles. The van der Waals surface area contributed by atoms with Gasteiger partial charge in [-0.2, -0.15) is 10.1 Å². The maximum Gasteiger partial charge on any atom is 0.226 e. The van der Waals surface area contributed by atoms with Gasteiger partial charge >= 0.3 is 0 Å². The molecule has 0 amide bonds. The van der Waals surface area contributed by atoms with E-state index in [1.807, 2.05) is 38.1 Å². The lowest BCUT2D eigenvalue weighted by Crippen LogP contribution is -2.53. The summed E-state index contributed by atoms with van der Waals surface area (Å²) in [6.07, 6.45) is 3.18. The number of hydrogen-bond acceptors (Lipinski definition) is 8. The summed E-state index contributed by atoms with van der Waals surface area (Å²) in [7, 11) is 1.62. The van der Waals surface area contributed by atoms with Crippen molar-refractivity contribution in [3.63, 3.8) is 0 Å². The minimum absolute atomic E-state index is 0. The van der Waals surface area contributed by atoms with Crippen molar-refractivity contribution in [2.24, 2.45) is 21.5 Å². The smallest absolute Gasteiger partial charge is 0.226 e. The van der Waals surface area contributed by atoms with E-state index in [0.717, 1.165) is 11.3 Å². The second-order valence-corrected chi connectivity index (χ2v) is 6.21. The zero-order valence-corrected chi connectivity index (χ0v) is 17.7. The van der Waals surface area contributed by atoms with Gasteiger partial charge in [-0.25, -0.2) is 4.99 Å². The summed E-state index contributed by atoms with van der Waals surface area (Å²) in [5.74, 6) is 1.75. The fourth-order valence-electron chi connectivity index (χ4n) is 2.61. The largest absolute Gasteiger partial charge is 0.493 e. The molecule has 27 heavy (non-hydrogen) atoms. The highest BCUT2D eigenvalue weighted by molar-refractivity contribution is 8.93. The molecule has 0 bridgehead atoms. The third kappa shape index (κ3) is 5.86. The molecule has 0 saturated carbocycles. The number of methoxy groups -OCH3 is 1. The summed E-state index contributed by atoms with van der Waals surface area (Å²) in [6, 6.07) is 5.79. The number of ether oxygens (including phenoxy) is 2. The van der Waals surface area contributed by atoms with Crippen LogP contribution in [0.2, 0.25) is 0 Å². The number of rotatable bonds is 9. The van der Waals surface area contributed by atoms with Crippen LogP contribution in [0.15, 0.2) is 40.8 Å². The Kier molecular flexibility index (Phi) is 8.58.